The molecule has 0 spiro atoms. The number of nitrogens with zero attached hydrogens (tertiary/aromatic N) is 2. The predicted octanol–water partition coefficient (Wildman–Crippen LogP) is 4.29. The lowest BCUT2D eigenvalue weighted by molar-refractivity contribution is -0.117. The Morgan fingerprint density at radius 3 is 2.40 bits per heavy atom. The molecule has 25 heavy (non-hydrogen) atoms. The fraction of sp³-hybridized carbons (Fsp3) is 0.500. The number of rotatable bonds is 8. The largest absolute Gasteiger partial charge is 0.396 e. The molecule has 0 radical (unpaired) electrons. The maximum atomic E-state index is 11.8. The first kappa shape index (κ1) is 19.7. The van der Waals surface area contributed by atoms with E-state index in [0.29, 0.717) is 19.4 Å². The van der Waals surface area contributed by atoms with E-state index >= 15 is 0 Å². The molecule has 0 fully saturated rings. The molecule has 0 saturated heterocycles. The molecule has 1 aromatic heterocycles. The molecular weight excluding hydrogens is 332 g/mol. The molecule has 2 aromatic rings. The summed E-state index contributed by atoms with van der Waals surface area (Å²) in [7, 11) is 0. The third-order valence-electron chi connectivity index (χ3n) is 3.92. The van der Waals surface area contributed by atoms with Gasteiger partial charge in [-0.3, -0.25) is 4.79 Å². The molecule has 1 N–H and O–H groups in total. The van der Waals surface area contributed by atoms with Crippen molar-refractivity contribution in [3.8, 4) is 0 Å². The topological polar surface area (TPSA) is 55.1 Å². The van der Waals surface area contributed by atoms with E-state index in [2.05, 4.69) is 45.9 Å². The summed E-state index contributed by atoms with van der Waals surface area (Å²) in [5.41, 5.74) is 3.48. The average molecular weight is 361 g/mol. The van der Waals surface area contributed by atoms with Gasteiger partial charge in [-0.25, -0.2) is 4.98 Å². The van der Waals surface area contributed by atoms with E-state index in [1.165, 1.54) is 11.1 Å². The second-order valence-corrected chi connectivity index (χ2v) is 7.98. The fourth-order valence-corrected chi connectivity index (χ4v) is 4.28. The normalized spacial score (nSPS) is 11.3. The van der Waals surface area contributed by atoms with Crippen molar-refractivity contribution in [3.05, 3.63) is 40.8 Å². The van der Waals surface area contributed by atoms with Crippen LogP contribution in [0, 0.1) is 13.8 Å². The number of aliphatic hydroxyl groups is 1. The van der Waals surface area contributed by atoms with Gasteiger partial charge in [0.2, 0.25) is 0 Å². The van der Waals surface area contributed by atoms with E-state index in [0.717, 1.165) is 21.4 Å². The lowest BCUT2D eigenvalue weighted by atomic mass is 10.1. The van der Waals surface area contributed by atoms with Gasteiger partial charge < -0.3 is 9.67 Å². The van der Waals surface area contributed by atoms with Crippen LogP contribution >= 0.6 is 11.8 Å². The Balaban J connectivity index is 2.51. The van der Waals surface area contributed by atoms with Crippen LogP contribution in [-0.4, -0.2) is 27.0 Å². The summed E-state index contributed by atoms with van der Waals surface area (Å²) >= 11 is 1.68. The molecule has 4 nitrogen and oxygen atoms in total. The Hall–Kier alpha value is -1.59. The number of carbonyl (C=O) groups is 1. The van der Waals surface area contributed by atoms with Gasteiger partial charge >= 0.3 is 0 Å². The van der Waals surface area contributed by atoms with Crippen molar-refractivity contribution in [2.24, 2.45) is 0 Å². The third kappa shape index (κ3) is 5.19. The van der Waals surface area contributed by atoms with Crippen molar-refractivity contribution in [3.63, 3.8) is 0 Å². The third-order valence-corrected chi connectivity index (χ3v) is 5.02. The Bertz CT molecular complexity index is 730. The summed E-state index contributed by atoms with van der Waals surface area (Å²) in [6.07, 6.45) is 1.33. The molecule has 0 saturated carbocycles. The number of aryl methyl sites for hydroxylation is 3. The van der Waals surface area contributed by atoms with Gasteiger partial charge in [0.15, 0.2) is 0 Å². The highest BCUT2D eigenvalue weighted by Gasteiger charge is 2.21. The molecule has 0 unspecified atom stereocenters. The highest BCUT2D eigenvalue weighted by molar-refractivity contribution is 7.99. The first-order valence-corrected chi connectivity index (χ1v) is 9.59. The second-order valence-electron chi connectivity index (χ2n) is 6.91. The first-order valence-electron chi connectivity index (χ1n) is 8.77. The SMILES string of the molecule is CC(=O)Cn1c(CCCO)nc(C(C)C)c1Sc1cc(C)cc(C)c1. The van der Waals surface area contributed by atoms with Crippen LogP contribution in [0.1, 0.15) is 55.8 Å². The van der Waals surface area contributed by atoms with Crippen LogP contribution in [0.4, 0.5) is 0 Å². The summed E-state index contributed by atoms with van der Waals surface area (Å²) in [6, 6.07) is 6.49. The number of benzene rings is 1. The zero-order chi connectivity index (χ0) is 18.6. The van der Waals surface area contributed by atoms with Crippen molar-refractivity contribution in [2.75, 3.05) is 6.61 Å². The molecule has 0 aliphatic carbocycles. The van der Waals surface area contributed by atoms with Crippen LogP contribution in [0.5, 0.6) is 0 Å². The highest BCUT2D eigenvalue weighted by Crippen LogP contribution is 2.36. The van der Waals surface area contributed by atoms with Gasteiger partial charge in [0.05, 0.1) is 12.2 Å². The monoisotopic (exact) mass is 360 g/mol. The number of carbonyl (C=O) groups excluding carboxylic acids is 1. The fourth-order valence-electron chi connectivity index (χ4n) is 2.90. The minimum absolute atomic E-state index is 0.111. The lowest BCUT2D eigenvalue weighted by Crippen LogP contribution is -2.11. The zero-order valence-corrected chi connectivity index (χ0v) is 16.6. The van der Waals surface area contributed by atoms with E-state index in [-0.39, 0.29) is 18.3 Å². The zero-order valence-electron chi connectivity index (χ0n) is 15.8. The minimum atomic E-state index is 0.111. The molecular formula is C20H28N2O2S. The van der Waals surface area contributed by atoms with Crippen LogP contribution < -0.4 is 0 Å². The van der Waals surface area contributed by atoms with Crippen LogP contribution in [-0.2, 0) is 17.8 Å². The molecule has 1 aromatic carbocycles. The summed E-state index contributed by atoms with van der Waals surface area (Å²) in [5.74, 6) is 1.27. The molecule has 2 rings (SSSR count). The van der Waals surface area contributed by atoms with E-state index in [1.807, 2.05) is 4.57 Å². The Morgan fingerprint density at radius 2 is 1.88 bits per heavy atom. The van der Waals surface area contributed by atoms with Crippen LogP contribution in [0.2, 0.25) is 0 Å². The Kier molecular flexibility index (Phi) is 6.85. The number of hydrogen-bond donors (Lipinski definition) is 1. The molecule has 0 atom stereocenters. The maximum absolute atomic E-state index is 11.8. The average Bonchev–Trinajstić information content (AvgIpc) is 2.82. The van der Waals surface area contributed by atoms with Crippen LogP contribution in [0.15, 0.2) is 28.1 Å². The van der Waals surface area contributed by atoms with Crippen LogP contribution in [0.3, 0.4) is 0 Å². The highest BCUT2D eigenvalue weighted by atomic mass is 32.2. The number of aromatic nitrogens is 2. The summed E-state index contributed by atoms with van der Waals surface area (Å²) in [6.45, 7) is 10.5. The van der Waals surface area contributed by atoms with Crippen molar-refractivity contribution < 1.29 is 9.90 Å². The molecule has 0 bridgehead atoms. The smallest absolute Gasteiger partial charge is 0.149 e. The second kappa shape index (κ2) is 8.68. The van der Waals surface area contributed by atoms with E-state index < -0.39 is 0 Å². The Morgan fingerprint density at radius 1 is 1.24 bits per heavy atom. The van der Waals surface area contributed by atoms with E-state index in [4.69, 9.17) is 4.98 Å². The van der Waals surface area contributed by atoms with Crippen LogP contribution in [0.25, 0.3) is 0 Å². The van der Waals surface area contributed by atoms with Gasteiger partial charge in [-0.15, -0.1) is 0 Å². The van der Waals surface area contributed by atoms with Gasteiger partial charge in [-0.05, 0) is 56.4 Å². The summed E-state index contributed by atoms with van der Waals surface area (Å²) in [5, 5.41) is 10.2. The van der Waals surface area contributed by atoms with Crippen molar-refractivity contribution in [2.45, 2.75) is 69.8 Å². The molecule has 0 amide bonds. The lowest BCUT2D eigenvalue weighted by Gasteiger charge is -2.13. The van der Waals surface area contributed by atoms with Crippen molar-refractivity contribution >= 4 is 17.5 Å². The predicted molar refractivity (Wildman–Crippen MR) is 102 cm³/mol. The number of hydrogen-bond acceptors (Lipinski definition) is 4. The standard InChI is InChI=1S/C20H28N2O2S/c1-13(2)19-20(25-17-10-14(3)9-15(4)11-17)22(12-16(5)24)18(21-19)7-6-8-23/h9-11,13,23H,6-8,12H2,1-5H3. The minimum Gasteiger partial charge on any atom is -0.396 e. The number of imidazole rings is 1. The molecule has 136 valence electrons. The number of aliphatic hydroxyl groups excluding tert-OH is 1. The number of Topliss-reactive ketones (excluding diaryl/α,β-unsaturated/α-hetero) is 1. The van der Waals surface area contributed by atoms with Gasteiger partial charge in [0.1, 0.15) is 16.6 Å². The molecule has 5 heteroatoms. The first-order chi connectivity index (χ1) is 11.8. The van der Waals surface area contributed by atoms with E-state index in [9.17, 15) is 9.90 Å². The van der Waals surface area contributed by atoms with Gasteiger partial charge in [-0.1, -0.05) is 31.7 Å². The van der Waals surface area contributed by atoms with Gasteiger partial charge in [0, 0.05) is 17.9 Å². The quantitative estimate of drug-likeness (QED) is 0.763. The van der Waals surface area contributed by atoms with Gasteiger partial charge in [0.25, 0.3) is 0 Å². The van der Waals surface area contributed by atoms with Crippen molar-refractivity contribution in [1.82, 2.24) is 9.55 Å². The summed E-state index contributed by atoms with van der Waals surface area (Å²) in [4.78, 5) is 17.8. The Labute approximate surface area is 154 Å². The maximum Gasteiger partial charge on any atom is 0.149 e. The molecule has 0 aliphatic rings. The molecule has 0 aliphatic heterocycles. The molecule has 1 heterocycles. The van der Waals surface area contributed by atoms with Crippen molar-refractivity contribution in [1.29, 1.82) is 0 Å². The summed E-state index contributed by atoms with van der Waals surface area (Å²) < 4.78 is 2.04. The number of ketones is 1. The van der Waals surface area contributed by atoms with E-state index in [1.54, 1.807) is 18.7 Å². The van der Waals surface area contributed by atoms with Gasteiger partial charge in [-0.2, -0.15) is 0 Å².